The number of imidazole rings is 1. The van der Waals surface area contributed by atoms with Gasteiger partial charge >= 0.3 is 0 Å². The third-order valence-corrected chi connectivity index (χ3v) is 5.07. The lowest BCUT2D eigenvalue weighted by molar-refractivity contribution is 0.186. The maximum absolute atomic E-state index is 4.39. The molecule has 0 spiro atoms. The molecular formula is C16H26N4. The Bertz CT molecular complexity index is 441. The number of hydrogen-bond donors (Lipinski definition) is 1. The molecule has 3 aliphatic rings. The predicted molar refractivity (Wildman–Crippen MR) is 79.5 cm³/mol. The van der Waals surface area contributed by atoms with Crippen LogP contribution in [-0.4, -0.2) is 40.1 Å². The fourth-order valence-electron chi connectivity index (χ4n) is 3.52. The largest absolute Gasteiger partial charge is 0.330 e. The van der Waals surface area contributed by atoms with Crippen LogP contribution in [0.25, 0.3) is 0 Å². The SMILES string of the molecule is c1ncn(C2CC2)c1CN(CC1CCNCC1)C1CC1. The van der Waals surface area contributed by atoms with Crippen molar-refractivity contribution in [1.82, 2.24) is 19.8 Å². The summed E-state index contributed by atoms with van der Waals surface area (Å²) in [6.45, 7) is 4.83. The van der Waals surface area contributed by atoms with Crippen molar-refractivity contribution in [3.63, 3.8) is 0 Å². The number of piperidine rings is 1. The van der Waals surface area contributed by atoms with E-state index in [0.29, 0.717) is 0 Å². The van der Waals surface area contributed by atoms with E-state index < -0.39 is 0 Å². The van der Waals surface area contributed by atoms with E-state index in [-0.39, 0.29) is 0 Å². The van der Waals surface area contributed by atoms with Gasteiger partial charge in [0.15, 0.2) is 0 Å². The van der Waals surface area contributed by atoms with E-state index in [1.165, 1.54) is 63.9 Å². The normalized spacial score (nSPS) is 24.4. The summed E-state index contributed by atoms with van der Waals surface area (Å²) in [6.07, 6.45) is 12.3. The van der Waals surface area contributed by atoms with Gasteiger partial charge in [0.05, 0.1) is 12.0 Å². The molecule has 1 aromatic rings. The van der Waals surface area contributed by atoms with Gasteiger partial charge in [-0.15, -0.1) is 0 Å². The van der Waals surface area contributed by atoms with Crippen LogP contribution in [-0.2, 0) is 6.54 Å². The van der Waals surface area contributed by atoms with E-state index >= 15 is 0 Å². The van der Waals surface area contributed by atoms with Crippen molar-refractivity contribution in [2.75, 3.05) is 19.6 Å². The predicted octanol–water partition coefficient (Wildman–Crippen LogP) is 2.18. The molecule has 1 saturated heterocycles. The maximum atomic E-state index is 4.39. The van der Waals surface area contributed by atoms with Gasteiger partial charge in [0.2, 0.25) is 0 Å². The van der Waals surface area contributed by atoms with E-state index in [1.54, 1.807) is 0 Å². The van der Waals surface area contributed by atoms with E-state index in [0.717, 1.165) is 24.5 Å². The van der Waals surface area contributed by atoms with Gasteiger partial charge in [-0.1, -0.05) is 0 Å². The highest BCUT2D eigenvalue weighted by Crippen LogP contribution is 2.37. The summed E-state index contributed by atoms with van der Waals surface area (Å²) in [5.41, 5.74) is 1.44. The summed E-state index contributed by atoms with van der Waals surface area (Å²) in [6, 6.07) is 1.61. The zero-order valence-corrected chi connectivity index (χ0v) is 12.3. The Kier molecular flexibility index (Phi) is 3.52. The van der Waals surface area contributed by atoms with E-state index in [4.69, 9.17) is 0 Å². The van der Waals surface area contributed by atoms with Gasteiger partial charge in [0.25, 0.3) is 0 Å². The molecule has 1 aromatic heterocycles. The van der Waals surface area contributed by atoms with E-state index in [9.17, 15) is 0 Å². The average molecular weight is 274 g/mol. The molecule has 0 aromatic carbocycles. The van der Waals surface area contributed by atoms with E-state index in [2.05, 4.69) is 26.0 Å². The summed E-state index contributed by atoms with van der Waals surface area (Å²) in [4.78, 5) is 7.13. The number of nitrogens with zero attached hydrogens (tertiary/aromatic N) is 3. The Morgan fingerprint density at radius 3 is 2.65 bits per heavy atom. The number of hydrogen-bond acceptors (Lipinski definition) is 3. The zero-order valence-electron chi connectivity index (χ0n) is 12.3. The topological polar surface area (TPSA) is 33.1 Å². The Morgan fingerprint density at radius 1 is 1.15 bits per heavy atom. The third-order valence-electron chi connectivity index (χ3n) is 5.07. The molecule has 110 valence electrons. The maximum Gasteiger partial charge on any atom is 0.0951 e. The van der Waals surface area contributed by atoms with Gasteiger partial charge in [-0.05, 0) is 57.5 Å². The Balaban J connectivity index is 1.41. The lowest BCUT2D eigenvalue weighted by Crippen LogP contribution is -2.37. The third kappa shape index (κ3) is 2.91. The summed E-state index contributed by atoms with van der Waals surface area (Å²) in [5, 5.41) is 3.48. The second-order valence-corrected chi connectivity index (χ2v) is 6.88. The van der Waals surface area contributed by atoms with Crippen molar-refractivity contribution in [3.05, 3.63) is 18.2 Å². The number of nitrogens with one attached hydrogen (secondary N) is 1. The van der Waals surface area contributed by atoms with Crippen molar-refractivity contribution in [2.24, 2.45) is 5.92 Å². The van der Waals surface area contributed by atoms with Crippen LogP contribution in [0.1, 0.15) is 50.3 Å². The summed E-state index contributed by atoms with van der Waals surface area (Å²) in [7, 11) is 0. The summed E-state index contributed by atoms with van der Waals surface area (Å²) < 4.78 is 2.43. The molecule has 0 unspecified atom stereocenters. The molecule has 0 atom stereocenters. The summed E-state index contributed by atoms with van der Waals surface area (Å²) in [5.74, 6) is 0.897. The first-order valence-electron chi connectivity index (χ1n) is 8.35. The fraction of sp³-hybridized carbons (Fsp3) is 0.812. The van der Waals surface area contributed by atoms with Crippen LogP contribution in [0.3, 0.4) is 0 Å². The minimum Gasteiger partial charge on any atom is -0.330 e. The zero-order chi connectivity index (χ0) is 13.4. The highest BCUT2D eigenvalue weighted by molar-refractivity contribution is 5.05. The smallest absolute Gasteiger partial charge is 0.0951 e. The molecule has 2 saturated carbocycles. The molecule has 0 amide bonds. The van der Waals surface area contributed by atoms with Gasteiger partial charge < -0.3 is 9.88 Å². The van der Waals surface area contributed by atoms with Crippen LogP contribution in [0.5, 0.6) is 0 Å². The highest BCUT2D eigenvalue weighted by atomic mass is 15.2. The van der Waals surface area contributed by atoms with Crippen LogP contribution in [0.4, 0.5) is 0 Å². The van der Waals surface area contributed by atoms with Crippen molar-refractivity contribution >= 4 is 0 Å². The minimum atomic E-state index is 0.757. The lowest BCUT2D eigenvalue weighted by Gasteiger charge is -2.30. The standard InChI is InChI=1S/C16H26N4/c1-2-14(1)19(10-13-5-7-17-8-6-13)11-16-9-18-12-20(16)15-3-4-15/h9,12-15,17H,1-8,10-11H2. The van der Waals surface area contributed by atoms with Gasteiger partial charge in [-0.3, -0.25) is 4.90 Å². The Hall–Kier alpha value is -0.870. The number of rotatable bonds is 6. The molecule has 1 N–H and O–H groups in total. The summed E-state index contributed by atoms with van der Waals surface area (Å²) >= 11 is 0. The van der Waals surface area contributed by atoms with Crippen molar-refractivity contribution in [1.29, 1.82) is 0 Å². The molecular weight excluding hydrogens is 248 g/mol. The lowest BCUT2D eigenvalue weighted by atomic mass is 9.97. The Labute approximate surface area is 121 Å². The molecule has 1 aliphatic heterocycles. The van der Waals surface area contributed by atoms with Gasteiger partial charge in [0, 0.05) is 31.4 Å². The average Bonchev–Trinajstić information content (AvgIpc) is 3.39. The molecule has 0 bridgehead atoms. The molecule has 4 rings (SSSR count). The van der Waals surface area contributed by atoms with Crippen molar-refractivity contribution in [2.45, 2.75) is 57.2 Å². The molecule has 2 heterocycles. The van der Waals surface area contributed by atoms with Gasteiger partial charge in [-0.2, -0.15) is 0 Å². The van der Waals surface area contributed by atoms with E-state index in [1.807, 2.05) is 6.33 Å². The number of aromatic nitrogens is 2. The first kappa shape index (κ1) is 12.8. The van der Waals surface area contributed by atoms with Crippen LogP contribution in [0.15, 0.2) is 12.5 Å². The molecule has 4 nitrogen and oxygen atoms in total. The first-order chi connectivity index (χ1) is 9.90. The second-order valence-electron chi connectivity index (χ2n) is 6.88. The van der Waals surface area contributed by atoms with Gasteiger partial charge in [0.1, 0.15) is 0 Å². The monoisotopic (exact) mass is 274 g/mol. The van der Waals surface area contributed by atoms with Crippen LogP contribution in [0, 0.1) is 5.92 Å². The quantitative estimate of drug-likeness (QED) is 0.863. The fourth-order valence-corrected chi connectivity index (χ4v) is 3.52. The molecule has 2 aliphatic carbocycles. The van der Waals surface area contributed by atoms with Crippen LogP contribution < -0.4 is 5.32 Å². The van der Waals surface area contributed by atoms with Gasteiger partial charge in [-0.25, -0.2) is 4.98 Å². The van der Waals surface area contributed by atoms with Crippen LogP contribution >= 0.6 is 0 Å². The van der Waals surface area contributed by atoms with Crippen LogP contribution in [0.2, 0.25) is 0 Å². The molecule has 4 heteroatoms. The highest BCUT2D eigenvalue weighted by Gasteiger charge is 2.32. The molecule has 20 heavy (non-hydrogen) atoms. The van der Waals surface area contributed by atoms with Crippen molar-refractivity contribution < 1.29 is 0 Å². The second kappa shape index (κ2) is 5.49. The molecule has 0 radical (unpaired) electrons. The minimum absolute atomic E-state index is 0.757. The first-order valence-corrected chi connectivity index (χ1v) is 8.35. The molecule has 3 fully saturated rings. The Morgan fingerprint density at radius 2 is 1.95 bits per heavy atom. The van der Waals surface area contributed by atoms with Crippen molar-refractivity contribution in [3.8, 4) is 0 Å².